The number of methoxy groups -OCH3 is 2. The zero-order valence-electron chi connectivity index (χ0n) is 19.3. The van der Waals surface area contributed by atoms with E-state index in [2.05, 4.69) is 25.5 Å². The number of halogens is 1. The van der Waals surface area contributed by atoms with Crippen molar-refractivity contribution >= 4 is 11.5 Å². The van der Waals surface area contributed by atoms with Crippen molar-refractivity contribution in [3.63, 3.8) is 0 Å². The lowest BCUT2D eigenvalue weighted by molar-refractivity contribution is 0.388. The minimum atomic E-state index is -0.446. The number of ether oxygens (including phenoxy) is 2. The van der Waals surface area contributed by atoms with Crippen LogP contribution in [0.2, 0.25) is 0 Å². The van der Waals surface area contributed by atoms with Crippen molar-refractivity contribution in [2.24, 2.45) is 5.10 Å². The summed E-state index contributed by atoms with van der Waals surface area (Å²) in [5.74, 6) is 0.942. The van der Waals surface area contributed by atoms with E-state index in [1.165, 1.54) is 13.2 Å². The lowest BCUT2D eigenvalue weighted by Gasteiger charge is -2.23. The third kappa shape index (κ3) is 5.90. The smallest absolute Gasteiger partial charge is 0.213 e. The number of hydrogen-bond acceptors (Lipinski definition) is 7. The zero-order chi connectivity index (χ0) is 23.5. The van der Waals surface area contributed by atoms with Crippen LogP contribution in [0.3, 0.4) is 0 Å². The van der Waals surface area contributed by atoms with Gasteiger partial charge >= 0.3 is 0 Å². The van der Waals surface area contributed by atoms with E-state index in [9.17, 15) is 4.39 Å². The predicted octanol–water partition coefficient (Wildman–Crippen LogP) is 4.28. The Morgan fingerprint density at radius 1 is 1.03 bits per heavy atom. The first-order valence-electron chi connectivity index (χ1n) is 10.2. The van der Waals surface area contributed by atoms with Gasteiger partial charge in [0.25, 0.3) is 0 Å². The Bertz CT molecular complexity index is 1010. The number of hydrazone groups is 1. The molecule has 0 radical (unpaired) electrons. The molecular weight excluding hydrogens is 411 g/mol. The normalized spacial score (nSPS) is 10.7. The van der Waals surface area contributed by atoms with Gasteiger partial charge in [-0.1, -0.05) is 19.9 Å². The number of para-hydroxylation sites is 1. The molecule has 0 fully saturated rings. The molecule has 0 saturated carbocycles. The topological polar surface area (TPSA) is 84.8 Å². The fourth-order valence-corrected chi connectivity index (χ4v) is 2.92. The number of aromatic nitrogens is 3. The third-order valence-electron chi connectivity index (χ3n) is 4.38. The Morgan fingerprint density at radius 2 is 1.81 bits per heavy atom. The summed E-state index contributed by atoms with van der Waals surface area (Å²) in [4.78, 5) is 15.1. The summed E-state index contributed by atoms with van der Waals surface area (Å²) in [6, 6.07) is 8.36. The molecule has 0 spiro atoms. The van der Waals surface area contributed by atoms with Crippen molar-refractivity contribution in [1.29, 1.82) is 0 Å². The van der Waals surface area contributed by atoms with Gasteiger partial charge < -0.3 is 19.8 Å². The number of pyridine rings is 1. The summed E-state index contributed by atoms with van der Waals surface area (Å²) in [5.41, 5.74) is 5.38. The molecule has 2 heterocycles. The molecule has 0 aliphatic rings. The average Bonchev–Trinajstić information content (AvgIpc) is 2.84. The Hall–Kier alpha value is -3.75. The monoisotopic (exact) mass is 440 g/mol. The van der Waals surface area contributed by atoms with Gasteiger partial charge in [0.15, 0.2) is 11.6 Å². The van der Waals surface area contributed by atoms with Gasteiger partial charge in [-0.05, 0) is 25.1 Å². The maximum Gasteiger partial charge on any atom is 0.213 e. The number of nitrogens with zero attached hydrogens (tertiary/aromatic N) is 5. The molecule has 8 nitrogen and oxygen atoms in total. The largest absolute Gasteiger partial charge is 0.493 e. The molecule has 3 aromatic rings. The van der Waals surface area contributed by atoms with Crippen molar-refractivity contribution in [3.05, 3.63) is 60.4 Å². The fraction of sp³-hybridized carbons (Fsp3) is 0.304. The van der Waals surface area contributed by atoms with Crippen LogP contribution in [-0.4, -0.2) is 42.1 Å². The second-order valence-electron chi connectivity index (χ2n) is 6.24. The number of benzene rings is 1. The SMILES string of the molecule is CC.CN/N=C(/C)N(Cc1cnc(-c2cccc(F)c2OC)cn1)c1ccc(OC)nc1. The van der Waals surface area contributed by atoms with Crippen molar-refractivity contribution < 1.29 is 13.9 Å². The minimum absolute atomic E-state index is 0.141. The van der Waals surface area contributed by atoms with Crippen LogP contribution >= 0.6 is 0 Å². The standard InChI is InChI=1S/C21H23FN6O2.C2H6/c1-14(27-23-2)28(16-8-9-20(29-3)26-11-16)13-15-10-25-19(12-24-15)17-6-5-7-18(22)21(17)30-4;1-2/h5-12,23H,13H2,1-4H3;1-2H3/b27-14-;. The molecule has 0 atom stereocenters. The average molecular weight is 441 g/mol. The Balaban J connectivity index is 0.00000176. The molecule has 9 heteroatoms. The summed E-state index contributed by atoms with van der Waals surface area (Å²) < 4.78 is 24.3. The highest BCUT2D eigenvalue weighted by atomic mass is 19.1. The number of hydrogen-bond donors (Lipinski definition) is 1. The van der Waals surface area contributed by atoms with Gasteiger partial charge in [-0.2, -0.15) is 5.10 Å². The summed E-state index contributed by atoms with van der Waals surface area (Å²) in [5, 5.41) is 4.26. The zero-order valence-corrected chi connectivity index (χ0v) is 19.3. The van der Waals surface area contributed by atoms with Crippen LogP contribution in [0.4, 0.5) is 10.1 Å². The van der Waals surface area contributed by atoms with E-state index in [1.807, 2.05) is 31.7 Å². The quantitative estimate of drug-likeness (QED) is 0.333. The molecule has 170 valence electrons. The van der Waals surface area contributed by atoms with Gasteiger partial charge in [-0.25, -0.2) is 9.37 Å². The molecular formula is C23H29FN6O2. The van der Waals surface area contributed by atoms with E-state index >= 15 is 0 Å². The highest BCUT2D eigenvalue weighted by molar-refractivity contribution is 5.95. The summed E-state index contributed by atoms with van der Waals surface area (Å²) in [6.07, 6.45) is 4.95. The van der Waals surface area contributed by atoms with E-state index in [1.54, 1.807) is 50.9 Å². The molecule has 0 saturated heterocycles. The predicted molar refractivity (Wildman–Crippen MR) is 124 cm³/mol. The Labute approximate surface area is 188 Å². The van der Waals surface area contributed by atoms with E-state index < -0.39 is 5.82 Å². The van der Waals surface area contributed by atoms with Gasteiger partial charge in [0.1, 0.15) is 5.84 Å². The minimum Gasteiger partial charge on any atom is -0.493 e. The van der Waals surface area contributed by atoms with Crippen LogP contribution in [0.15, 0.2) is 54.0 Å². The van der Waals surface area contributed by atoms with Crippen molar-refractivity contribution in [2.45, 2.75) is 27.3 Å². The second-order valence-corrected chi connectivity index (χ2v) is 6.24. The number of rotatable bonds is 7. The first kappa shape index (κ1) is 24.5. The van der Waals surface area contributed by atoms with Crippen LogP contribution in [-0.2, 0) is 6.54 Å². The molecule has 0 unspecified atom stereocenters. The fourth-order valence-electron chi connectivity index (χ4n) is 2.92. The lowest BCUT2D eigenvalue weighted by Crippen LogP contribution is -2.30. The van der Waals surface area contributed by atoms with Crippen molar-refractivity contribution in [2.75, 3.05) is 26.2 Å². The van der Waals surface area contributed by atoms with Crippen molar-refractivity contribution in [1.82, 2.24) is 20.4 Å². The second kappa shape index (κ2) is 12.2. The van der Waals surface area contributed by atoms with Gasteiger partial charge in [0.05, 0.1) is 56.4 Å². The van der Waals surface area contributed by atoms with Crippen LogP contribution in [0.1, 0.15) is 26.5 Å². The third-order valence-corrected chi connectivity index (χ3v) is 4.38. The van der Waals surface area contributed by atoms with Gasteiger partial charge in [-0.15, -0.1) is 0 Å². The molecule has 0 bridgehead atoms. The van der Waals surface area contributed by atoms with E-state index in [0.29, 0.717) is 29.4 Å². The number of anilines is 1. The van der Waals surface area contributed by atoms with Gasteiger partial charge in [0.2, 0.25) is 5.88 Å². The highest BCUT2D eigenvalue weighted by Gasteiger charge is 2.15. The van der Waals surface area contributed by atoms with E-state index in [-0.39, 0.29) is 5.75 Å². The molecule has 0 amide bonds. The van der Waals surface area contributed by atoms with Crippen LogP contribution < -0.4 is 19.8 Å². The molecule has 2 aromatic heterocycles. The first-order chi connectivity index (χ1) is 15.6. The maximum atomic E-state index is 14.0. The molecule has 32 heavy (non-hydrogen) atoms. The highest BCUT2D eigenvalue weighted by Crippen LogP contribution is 2.30. The molecule has 0 aliphatic carbocycles. The molecule has 1 aromatic carbocycles. The molecule has 0 aliphatic heterocycles. The van der Waals surface area contributed by atoms with Crippen molar-refractivity contribution in [3.8, 4) is 22.9 Å². The van der Waals surface area contributed by atoms with Crippen LogP contribution in [0, 0.1) is 5.82 Å². The summed E-state index contributed by atoms with van der Waals surface area (Å²) in [7, 11) is 4.72. The maximum absolute atomic E-state index is 14.0. The summed E-state index contributed by atoms with van der Waals surface area (Å²) >= 11 is 0. The summed E-state index contributed by atoms with van der Waals surface area (Å²) in [6.45, 7) is 6.29. The molecule has 1 N–H and O–H groups in total. The Morgan fingerprint density at radius 3 is 2.38 bits per heavy atom. The number of amidine groups is 1. The van der Waals surface area contributed by atoms with Crippen LogP contribution in [0.5, 0.6) is 11.6 Å². The molecule has 3 rings (SSSR count). The first-order valence-corrected chi connectivity index (χ1v) is 10.2. The number of nitrogens with one attached hydrogen (secondary N) is 1. The van der Waals surface area contributed by atoms with Gasteiger partial charge in [-0.3, -0.25) is 9.97 Å². The van der Waals surface area contributed by atoms with Gasteiger partial charge in [0, 0.05) is 18.7 Å². The van der Waals surface area contributed by atoms with E-state index in [4.69, 9.17) is 9.47 Å². The van der Waals surface area contributed by atoms with Crippen LogP contribution in [0.25, 0.3) is 11.3 Å². The lowest BCUT2D eigenvalue weighted by atomic mass is 10.1. The Kier molecular flexibility index (Phi) is 9.34. The van der Waals surface area contributed by atoms with E-state index in [0.717, 1.165) is 11.5 Å².